The molecule has 3 aromatic rings. The Morgan fingerprint density at radius 1 is 1.04 bits per heavy atom. The fourth-order valence-corrected chi connectivity index (χ4v) is 2.98. The van der Waals surface area contributed by atoms with Crippen LogP contribution in [0.3, 0.4) is 0 Å². The molecule has 0 atom stereocenters. The van der Waals surface area contributed by atoms with Crippen molar-refractivity contribution in [2.45, 2.75) is 10.9 Å². The lowest BCUT2D eigenvalue weighted by molar-refractivity contribution is 0.102. The van der Waals surface area contributed by atoms with E-state index < -0.39 is 11.7 Å². The van der Waals surface area contributed by atoms with E-state index in [0.29, 0.717) is 16.6 Å². The van der Waals surface area contributed by atoms with Crippen LogP contribution in [0.4, 0.5) is 14.5 Å². The zero-order valence-corrected chi connectivity index (χ0v) is 14.8. The maximum atomic E-state index is 12.9. The molecule has 2 aromatic carbocycles. The quantitative estimate of drug-likeness (QED) is 0.493. The van der Waals surface area contributed by atoms with Crippen LogP contribution >= 0.6 is 23.4 Å². The third kappa shape index (κ3) is 4.77. The summed E-state index contributed by atoms with van der Waals surface area (Å²) in [4.78, 5) is 20.6. The van der Waals surface area contributed by atoms with Crippen LogP contribution in [0.25, 0.3) is 0 Å². The molecule has 0 aliphatic carbocycles. The van der Waals surface area contributed by atoms with Gasteiger partial charge in [0.1, 0.15) is 11.6 Å². The zero-order valence-electron chi connectivity index (χ0n) is 13.2. The first-order valence-electron chi connectivity index (χ1n) is 7.48. The highest BCUT2D eigenvalue weighted by atomic mass is 35.5. The van der Waals surface area contributed by atoms with Gasteiger partial charge >= 0.3 is 0 Å². The van der Waals surface area contributed by atoms with Crippen LogP contribution in [0.5, 0.6) is 0 Å². The molecule has 0 radical (unpaired) electrons. The van der Waals surface area contributed by atoms with Gasteiger partial charge in [-0.05, 0) is 42.0 Å². The van der Waals surface area contributed by atoms with E-state index >= 15 is 0 Å². The number of nitrogens with zero attached hydrogens (tertiary/aromatic N) is 2. The standard InChI is InChI=1S/C18H12ClF2N3OS/c19-15-9-22-18(26-10-11-1-3-12(20)4-2-11)24-16(15)17(25)23-14-7-5-13(21)6-8-14/h1-9H,10H2,(H,23,25). The Labute approximate surface area is 157 Å². The van der Waals surface area contributed by atoms with Gasteiger partial charge in [0.05, 0.1) is 11.2 Å². The lowest BCUT2D eigenvalue weighted by Crippen LogP contribution is -2.15. The van der Waals surface area contributed by atoms with E-state index in [2.05, 4.69) is 15.3 Å². The van der Waals surface area contributed by atoms with Crippen molar-refractivity contribution in [2.24, 2.45) is 0 Å². The van der Waals surface area contributed by atoms with Gasteiger partial charge in [0.25, 0.3) is 5.91 Å². The lowest BCUT2D eigenvalue weighted by Gasteiger charge is -2.07. The minimum absolute atomic E-state index is 0.0209. The number of rotatable bonds is 5. The summed E-state index contributed by atoms with van der Waals surface area (Å²) >= 11 is 7.32. The second-order valence-electron chi connectivity index (χ2n) is 5.23. The van der Waals surface area contributed by atoms with Gasteiger partial charge in [-0.1, -0.05) is 35.5 Å². The fourth-order valence-electron chi connectivity index (χ4n) is 2.03. The second-order valence-corrected chi connectivity index (χ2v) is 6.57. The summed E-state index contributed by atoms with van der Waals surface area (Å²) in [6.45, 7) is 0. The molecule has 1 N–H and O–H groups in total. The Morgan fingerprint density at radius 3 is 2.31 bits per heavy atom. The number of hydrogen-bond acceptors (Lipinski definition) is 4. The van der Waals surface area contributed by atoms with Crippen LogP contribution in [0.15, 0.2) is 59.9 Å². The number of aromatic nitrogens is 2. The van der Waals surface area contributed by atoms with Crippen LogP contribution in [0.1, 0.15) is 16.1 Å². The molecule has 0 fully saturated rings. The van der Waals surface area contributed by atoms with Crippen LogP contribution in [0, 0.1) is 11.6 Å². The third-order valence-electron chi connectivity index (χ3n) is 3.32. The summed E-state index contributed by atoms with van der Waals surface area (Å²) in [5.41, 5.74) is 1.34. The Balaban J connectivity index is 1.71. The maximum absolute atomic E-state index is 12.9. The summed E-state index contributed by atoms with van der Waals surface area (Å²) < 4.78 is 25.9. The highest BCUT2D eigenvalue weighted by Gasteiger charge is 2.15. The fraction of sp³-hybridized carbons (Fsp3) is 0.0556. The molecule has 132 valence electrons. The molecule has 0 spiro atoms. The average molecular weight is 392 g/mol. The van der Waals surface area contributed by atoms with Crippen molar-refractivity contribution in [3.05, 3.63) is 82.6 Å². The molecule has 1 amide bonds. The molecule has 1 aromatic heterocycles. The van der Waals surface area contributed by atoms with Crippen molar-refractivity contribution in [3.8, 4) is 0 Å². The summed E-state index contributed by atoms with van der Waals surface area (Å²) in [5, 5.41) is 3.07. The molecule has 3 rings (SSSR count). The van der Waals surface area contributed by atoms with Crippen molar-refractivity contribution in [1.29, 1.82) is 0 Å². The predicted molar refractivity (Wildman–Crippen MR) is 97.4 cm³/mol. The van der Waals surface area contributed by atoms with Gasteiger partial charge < -0.3 is 5.32 Å². The predicted octanol–water partition coefficient (Wildman–Crippen LogP) is 4.95. The van der Waals surface area contributed by atoms with E-state index in [-0.39, 0.29) is 16.5 Å². The van der Waals surface area contributed by atoms with Gasteiger partial charge in [-0.2, -0.15) is 0 Å². The largest absolute Gasteiger partial charge is 0.321 e. The number of thioether (sulfide) groups is 1. The number of hydrogen-bond donors (Lipinski definition) is 1. The number of anilines is 1. The van der Waals surface area contributed by atoms with Crippen LogP contribution < -0.4 is 5.32 Å². The third-order valence-corrected chi connectivity index (χ3v) is 4.53. The van der Waals surface area contributed by atoms with Gasteiger partial charge in [0, 0.05) is 11.4 Å². The van der Waals surface area contributed by atoms with Crippen molar-refractivity contribution < 1.29 is 13.6 Å². The number of halogens is 3. The first kappa shape index (κ1) is 18.3. The minimum Gasteiger partial charge on any atom is -0.321 e. The Hall–Kier alpha value is -2.51. The number of benzene rings is 2. The smallest absolute Gasteiger partial charge is 0.275 e. The summed E-state index contributed by atoms with van der Waals surface area (Å²) in [6.07, 6.45) is 1.35. The topological polar surface area (TPSA) is 54.9 Å². The van der Waals surface area contributed by atoms with E-state index in [0.717, 1.165) is 5.56 Å². The van der Waals surface area contributed by atoms with Gasteiger partial charge in [-0.15, -0.1) is 0 Å². The molecule has 0 saturated carbocycles. The Morgan fingerprint density at radius 2 is 1.65 bits per heavy atom. The number of amides is 1. The van der Waals surface area contributed by atoms with Gasteiger partial charge in [0.15, 0.2) is 10.9 Å². The molecule has 0 aliphatic heterocycles. The van der Waals surface area contributed by atoms with Crippen LogP contribution in [-0.2, 0) is 5.75 Å². The van der Waals surface area contributed by atoms with Gasteiger partial charge in [-0.25, -0.2) is 18.7 Å². The van der Waals surface area contributed by atoms with E-state index in [4.69, 9.17) is 11.6 Å². The number of carbonyl (C=O) groups is 1. The van der Waals surface area contributed by atoms with E-state index in [1.165, 1.54) is 54.4 Å². The molecule has 0 bridgehead atoms. The van der Waals surface area contributed by atoms with Crippen LogP contribution in [0.2, 0.25) is 5.02 Å². The summed E-state index contributed by atoms with van der Waals surface area (Å²) in [5.74, 6) is -0.711. The van der Waals surface area contributed by atoms with Crippen LogP contribution in [-0.4, -0.2) is 15.9 Å². The molecule has 0 unspecified atom stereocenters. The molecule has 4 nitrogen and oxygen atoms in total. The van der Waals surface area contributed by atoms with E-state index in [1.54, 1.807) is 12.1 Å². The van der Waals surface area contributed by atoms with Gasteiger partial charge in [-0.3, -0.25) is 4.79 Å². The SMILES string of the molecule is O=C(Nc1ccc(F)cc1)c1nc(SCc2ccc(F)cc2)ncc1Cl. The molecule has 0 saturated heterocycles. The monoisotopic (exact) mass is 391 g/mol. The van der Waals surface area contributed by atoms with Crippen molar-refractivity contribution >= 4 is 35.0 Å². The Bertz CT molecular complexity index is 921. The molecule has 26 heavy (non-hydrogen) atoms. The molecular formula is C18H12ClF2N3OS. The van der Waals surface area contributed by atoms with E-state index in [9.17, 15) is 13.6 Å². The van der Waals surface area contributed by atoms with Crippen molar-refractivity contribution in [1.82, 2.24) is 9.97 Å². The van der Waals surface area contributed by atoms with Gasteiger partial charge in [0.2, 0.25) is 0 Å². The summed E-state index contributed by atoms with van der Waals surface area (Å²) in [7, 11) is 0. The zero-order chi connectivity index (χ0) is 18.5. The second kappa shape index (κ2) is 8.25. The average Bonchev–Trinajstić information content (AvgIpc) is 2.64. The molecule has 1 heterocycles. The molecule has 8 heteroatoms. The number of nitrogens with one attached hydrogen (secondary N) is 1. The van der Waals surface area contributed by atoms with Crippen molar-refractivity contribution in [3.63, 3.8) is 0 Å². The normalized spacial score (nSPS) is 10.6. The highest BCUT2D eigenvalue weighted by molar-refractivity contribution is 7.98. The first-order chi connectivity index (χ1) is 12.5. The lowest BCUT2D eigenvalue weighted by atomic mass is 10.2. The minimum atomic E-state index is -0.521. The molecular weight excluding hydrogens is 380 g/mol. The first-order valence-corrected chi connectivity index (χ1v) is 8.84. The van der Waals surface area contributed by atoms with E-state index in [1.807, 2.05) is 0 Å². The Kier molecular flexibility index (Phi) is 5.80. The molecule has 0 aliphatic rings. The maximum Gasteiger partial charge on any atom is 0.275 e. The number of carbonyl (C=O) groups excluding carboxylic acids is 1. The van der Waals surface area contributed by atoms with Crippen molar-refractivity contribution in [2.75, 3.05) is 5.32 Å². The summed E-state index contributed by atoms with van der Waals surface area (Å²) in [6, 6.07) is 11.4. The highest BCUT2D eigenvalue weighted by Crippen LogP contribution is 2.23.